The highest BCUT2D eigenvalue weighted by molar-refractivity contribution is 5.09. The van der Waals surface area contributed by atoms with Crippen LogP contribution in [0.15, 0.2) is 24.5 Å². The lowest BCUT2D eigenvalue weighted by molar-refractivity contribution is 0.235. The molecular formula is C12H21N3. The predicted octanol–water partition coefficient (Wildman–Crippen LogP) is 1.29. The first-order chi connectivity index (χ1) is 7.11. The summed E-state index contributed by atoms with van der Waals surface area (Å²) in [5.74, 6) is 0. The van der Waals surface area contributed by atoms with E-state index in [2.05, 4.69) is 36.0 Å². The number of pyridine rings is 1. The summed E-state index contributed by atoms with van der Waals surface area (Å²) in [6, 6.07) is 4.76. The molecule has 15 heavy (non-hydrogen) atoms. The quantitative estimate of drug-likeness (QED) is 0.791. The van der Waals surface area contributed by atoms with Gasteiger partial charge in [-0.25, -0.2) is 0 Å². The van der Waals surface area contributed by atoms with Gasteiger partial charge in [-0.05, 0) is 45.0 Å². The standard InChI is InChI=1S/C12H21N3/c1-10(13)11(2)15(3)9-6-12-4-7-14-8-5-12/h4-5,7-8,10-11H,6,9,13H2,1-3H3. The minimum atomic E-state index is 0.215. The maximum Gasteiger partial charge on any atom is 0.0270 e. The lowest BCUT2D eigenvalue weighted by atomic mass is 10.1. The van der Waals surface area contributed by atoms with Crippen LogP contribution in [-0.2, 0) is 6.42 Å². The fraction of sp³-hybridized carbons (Fsp3) is 0.583. The van der Waals surface area contributed by atoms with Gasteiger partial charge in [0.2, 0.25) is 0 Å². The predicted molar refractivity (Wildman–Crippen MR) is 63.7 cm³/mol. The van der Waals surface area contributed by atoms with Crippen molar-refractivity contribution in [2.75, 3.05) is 13.6 Å². The molecule has 0 radical (unpaired) electrons. The zero-order valence-corrected chi connectivity index (χ0v) is 9.85. The van der Waals surface area contributed by atoms with Gasteiger partial charge in [-0.1, -0.05) is 0 Å². The van der Waals surface area contributed by atoms with Crippen LogP contribution in [0.2, 0.25) is 0 Å². The van der Waals surface area contributed by atoms with Gasteiger partial charge in [0.1, 0.15) is 0 Å². The molecule has 0 saturated heterocycles. The highest BCUT2D eigenvalue weighted by Crippen LogP contribution is 2.03. The summed E-state index contributed by atoms with van der Waals surface area (Å²) < 4.78 is 0. The van der Waals surface area contributed by atoms with Gasteiger partial charge < -0.3 is 10.6 Å². The van der Waals surface area contributed by atoms with E-state index in [4.69, 9.17) is 5.73 Å². The lowest BCUT2D eigenvalue weighted by Gasteiger charge is -2.27. The number of aromatic nitrogens is 1. The Hall–Kier alpha value is -0.930. The Bertz CT molecular complexity index is 271. The Balaban J connectivity index is 2.37. The van der Waals surface area contributed by atoms with Crippen LogP contribution in [0.1, 0.15) is 19.4 Å². The Morgan fingerprint density at radius 2 is 1.93 bits per heavy atom. The number of rotatable bonds is 5. The first kappa shape index (κ1) is 12.1. The summed E-state index contributed by atoms with van der Waals surface area (Å²) in [5, 5.41) is 0. The SMILES string of the molecule is CC(N)C(C)N(C)CCc1ccncc1. The maximum atomic E-state index is 5.85. The van der Waals surface area contributed by atoms with Crippen LogP contribution in [0, 0.1) is 0 Å². The summed E-state index contributed by atoms with van der Waals surface area (Å²) in [6.45, 7) is 5.25. The number of nitrogens with two attached hydrogens (primary N) is 1. The molecule has 0 bridgehead atoms. The summed E-state index contributed by atoms with van der Waals surface area (Å²) in [6.07, 6.45) is 4.73. The van der Waals surface area contributed by atoms with Crippen LogP contribution < -0.4 is 5.73 Å². The first-order valence-corrected chi connectivity index (χ1v) is 5.46. The van der Waals surface area contributed by atoms with Gasteiger partial charge in [0.15, 0.2) is 0 Å². The molecule has 0 amide bonds. The molecular weight excluding hydrogens is 186 g/mol. The van der Waals surface area contributed by atoms with Crippen LogP contribution in [0.3, 0.4) is 0 Å². The molecule has 0 aliphatic rings. The third kappa shape index (κ3) is 3.98. The molecule has 1 heterocycles. The molecule has 2 atom stereocenters. The van der Waals surface area contributed by atoms with Crippen molar-refractivity contribution in [1.29, 1.82) is 0 Å². The lowest BCUT2D eigenvalue weighted by Crippen LogP contribution is -2.42. The van der Waals surface area contributed by atoms with Gasteiger partial charge in [-0.15, -0.1) is 0 Å². The topological polar surface area (TPSA) is 42.1 Å². The second kappa shape index (κ2) is 5.83. The Morgan fingerprint density at radius 3 is 2.47 bits per heavy atom. The van der Waals surface area contributed by atoms with Crippen LogP contribution in [0.4, 0.5) is 0 Å². The normalized spacial score (nSPS) is 15.3. The summed E-state index contributed by atoms with van der Waals surface area (Å²) in [4.78, 5) is 6.30. The zero-order chi connectivity index (χ0) is 11.3. The van der Waals surface area contributed by atoms with Crippen molar-refractivity contribution in [3.05, 3.63) is 30.1 Å². The minimum Gasteiger partial charge on any atom is -0.327 e. The molecule has 0 aliphatic carbocycles. The second-order valence-corrected chi connectivity index (χ2v) is 4.19. The largest absolute Gasteiger partial charge is 0.327 e. The highest BCUT2D eigenvalue weighted by Gasteiger charge is 2.12. The fourth-order valence-electron chi connectivity index (χ4n) is 1.46. The first-order valence-electron chi connectivity index (χ1n) is 5.46. The van der Waals surface area contributed by atoms with Gasteiger partial charge in [0.05, 0.1) is 0 Å². The fourth-order valence-corrected chi connectivity index (χ4v) is 1.46. The van der Waals surface area contributed by atoms with E-state index < -0.39 is 0 Å². The van der Waals surface area contributed by atoms with E-state index in [-0.39, 0.29) is 6.04 Å². The van der Waals surface area contributed by atoms with Crippen molar-refractivity contribution in [2.45, 2.75) is 32.4 Å². The van der Waals surface area contributed by atoms with Gasteiger partial charge in [-0.3, -0.25) is 4.98 Å². The molecule has 3 nitrogen and oxygen atoms in total. The number of hydrogen-bond donors (Lipinski definition) is 1. The molecule has 2 unspecified atom stereocenters. The second-order valence-electron chi connectivity index (χ2n) is 4.19. The molecule has 0 spiro atoms. The van der Waals surface area contributed by atoms with E-state index >= 15 is 0 Å². The van der Waals surface area contributed by atoms with Crippen molar-refractivity contribution in [1.82, 2.24) is 9.88 Å². The molecule has 3 heteroatoms. The molecule has 0 aromatic carbocycles. The van der Waals surface area contributed by atoms with E-state index in [1.807, 2.05) is 19.3 Å². The van der Waals surface area contributed by atoms with E-state index in [9.17, 15) is 0 Å². The van der Waals surface area contributed by atoms with Gasteiger partial charge >= 0.3 is 0 Å². The monoisotopic (exact) mass is 207 g/mol. The van der Waals surface area contributed by atoms with E-state index in [1.54, 1.807) is 0 Å². The van der Waals surface area contributed by atoms with Crippen LogP contribution in [0.5, 0.6) is 0 Å². The molecule has 84 valence electrons. The summed E-state index contributed by atoms with van der Waals surface area (Å²) in [5.41, 5.74) is 7.18. The Labute approximate surface area is 92.3 Å². The van der Waals surface area contributed by atoms with E-state index in [0.717, 1.165) is 13.0 Å². The number of likely N-dealkylation sites (N-methyl/N-ethyl adjacent to an activating group) is 1. The van der Waals surface area contributed by atoms with Crippen molar-refractivity contribution >= 4 is 0 Å². The molecule has 0 aliphatic heterocycles. The average molecular weight is 207 g/mol. The van der Waals surface area contributed by atoms with Crippen molar-refractivity contribution in [2.24, 2.45) is 5.73 Å². The molecule has 1 rings (SSSR count). The van der Waals surface area contributed by atoms with Crippen molar-refractivity contribution < 1.29 is 0 Å². The Kier molecular flexibility index (Phi) is 4.72. The molecule has 0 saturated carbocycles. The molecule has 0 fully saturated rings. The van der Waals surface area contributed by atoms with Crippen molar-refractivity contribution in [3.8, 4) is 0 Å². The molecule has 1 aromatic heterocycles. The zero-order valence-electron chi connectivity index (χ0n) is 9.85. The van der Waals surface area contributed by atoms with Gasteiger partial charge in [0, 0.05) is 31.0 Å². The van der Waals surface area contributed by atoms with E-state index in [0.29, 0.717) is 6.04 Å². The Morgan fingerprint density at radius 1 is 1.33 bits per heavy atom. The van der Waals surface area contributed by atoms with E-state index in [1.165, 1.54) is 5.56 Å². The van der Waals surface area contributed by atoms with Crippen LogP contribution in [0.25, 0.3) is 0 Å². The maximum absolute atomic E-state index is 5.85. The third-order valence-electron chi connectivity index (χ3n) is 2.96. The van der Waals surface area contributed by atoms with Crippen molar-refractivity contribution in [3.63, 3.8) is 0 Å². The third-order valence-corrected chi connectivity index (χ3v) is 2.96. The minimum absolute atomic E-state index is 0.215. The van der Waals surface area contributed by atoms with Gasteiger partial charge in [0.25, 0.3) is 0 Å². The smallest absolute Gasteiger partial charge is 0.0270 e. The summed E-state index contributed by atoms with van der Waals surface area (Å²) >= 11 is 0. The highest BCUT2D eigenvalue weighted by atomic mass is 15.1. The van der Waals surface area contributed by atoms with Crippen LogP contribution in [-0.4, -0.2) is 35.6 Å². The number of nitrogens with zero attached hydrogens (tertiary/aromatic N) is 2. The van der Waals surface area contributed by atoms with Gasteiger partial charge in [-0.2, -0.15) is 0 Å². The number of hydrogen-bond acceptors (Lipinski definition) is 3. The molecule has 2 N–H and O–H groups in total. The molecule has 1 aromatic rings. The summed E-state index contributed by atoms with van der Waals surface area (Å²) in [7, 11) is 2.12. The van der Waals surface area contributed by atoms with Crippen LogP contribution >= 0.6 is 0 Å². The average Bonchev–Trinajstić information content (AvgIpc) is 2.26.